The number of hydrogen-bond acceptors (Lipinski definition) is 6. The first-order valence-electron chi connectivity index (χ1n) is 10.3. The summed E-state index contributed by atoms with van der Waals surface area (Å²) in [5.74, 6) is -0.708. The monoisotopic (exact) mass is 420 g/mol. The number of fused-ring (bicyclic) bond motifs is 1. The van der Waals surface area contributed by atoms with E-state index in [0.29, 0.717) is 31.1 Å². The molecule has 30 heavy (non-hydrogen) atoms. The molecule has 1 atom stereocenters. The van der Waals surface area contributed by atoms with Crippen molar-refractivity contribution >= 4 is 5.82 Å². The van der Waals surface area contributed by atoms with Gasteiger partial charge in [-0.25, -0.2) is 9.97 Å². The number of halogens is 3. The van der Waals surface area contributed by atoms with Crippen LogP contribution in [0.2, 0.25) is 0 Å². The molecule has 2 aromatic rings. The molecule has 0 bridgehead atoms. The van der Waals surface area contributed by atoms with E-state index in [0.717, 1.165) is 38.0 Å². The van der Waals surface area contributed by atoms with Crippen LogP contribution < -0.4 is 4.90 Å². The molecule has 0 N–H and O–H groups in total. The van der Waals surface area contributed by atoms with E-state index in [1.165, 1.54) is 5.56 Å². The second-order valence-corrected chi connectivity index (χ2v) is 8.20. The van der Waals surface area contributed by atoms with Crippen molar-refractivity contribution in [3.05, 3.63) is 47.2 Å². The van der Waals surface area contributed by atoms with Crippen LogP contribution in [0.5, 0.6) is 0 Å². The molecule has 1 aliphatic heterocycles. The lowest BCUT2D eigenvalue weighted by Crippen LogP contribution is -2.45. The van der Waals surface area contributed by atoms with Crippen LogP contribution in [0.3, 0.4) is 0 Å². The summed E-state index contributed by atoms with van der Waals surface area (Å²) in [5.41, 5.74) is 2.63. The molecular formula is C21H27F3N6. The number of anilines is 1. The highest BCUT2D eigenvalue weighted by Gasteiger charge is 2.36. The van der Waals surface area contributed by atoms with Gasteiger partial charge >= 0.3 is 6.18 Å². The molecule has 6 nitrogen and oxygen atoms in total. The average Bonchev–Trinajstić information content (AvgIpc) is 2.73. The number of piperazine rings is 1. The molecule has 1 aliphatic carbocycles. The third kappa shape index (κ3) is 4.57. The minimum absolute atomic E-state index is 0.0753. The Morgan fingerprint density at radius 2 is 1.93 bits per heavy atom. The minimum atomic E-state index is -4.57. The Balaban J connectivity index is 1.59. The van der Waals surface area contributed by atoms with E-state index >= 15 is 0 Å². The molecule has 4 rings (SSSR count). The van der Waals surface area contributed by atoms with Crippen molar-refractivity contribution in [3.8, 4) is 0 Å². The van der Waals surface area contributed by atoms with Gasteiger partial charge in [0, 0.05) is 45.0 Å². The van der Waals surface area contributed by atoms with Gasteiger partial charge in [0.1, 0.15) is 5.82 Å². The fourth-order valence-corrected chi connectivity index (χ4v) is 4.27. The summed E-state index contributed by atoms with van der Waals surface area (Å²) in [6.45, 7) is 3.21. The fourth-order valence-electron chi connectivity index (χ4n) is 4.27. The van der Waals surface area contributed by atoms with Crippen molar-refractivity contribution in [1.82, 2.24) is 24.8 Å². The van der Waals surface area contributed by atoms with Gasteiger partial charge in [0.05, 0.1) is 17.4 Å². The Hall–Kier alpha value is -2.26. The summed E-state index contributed by atoms with van der Waals surface area (Å²) in [6.07, 6.45) is 0.172. The van der Waals surface area contributed by atoms with Crippen molar-refractivity contribution < 1.29 is 13.2 Å². The van der Waals surface area contributed by atoms with Gasteiger partial charge in [-0.15, -0.1) is 0 Å². The summed E-state index contributed by atoms with van der Waals surface area (Å²) < 4.78 is 40.5. The predicted molar refractivity (Wildman–Crippen MR) is 108 cm³/mol. The van der Waals surface area contributed by atoms with E-state index in [4.69, 9.17) is 0 Å². The van der Waals surface area contributed by atoms with Gasteiger partial charge in [0.2, 0.25) is 5.82 Å². The number of rotatable bonds is 4. The molecule has 0 unspecified atom stereocenters. The van der Waals surface area contributed by atoms with Crippen LogP contribution in [0.25, 0.3) is 0 Å². The van der Waals surface area contributed by atoms with Crippen LogP contribution >= 0.6 is 0 Å². The number of hydrogen-bond donors (Lipinski definition) is 0. The second kappa shape index (κ2) is 8.47. The standard InChI is InChI=1S/C21H27F3N6/c1-28-9-11-30(12-10-28)18-13-16(26-20(27-18)21(22,23)24)14-29(2)17-7-3-5-15-6-4-8-25-19(15)17/h4,6,8,13,17H,3,5,7,9-12,14H2,1-2H3/t17-/m0/s1. The zero-order valence-corrected chi connectivity index (χ0v) is 17.4. The van der Waals surface area contributed by atoms with Crippen molar-refractivity contribution in [3.63, 3.8) is 0 Å². The molecular weight excluding hydrogens is 393 g/mol. The molecule has 2 aliphatic rings. The number of nitrogens with zero attached hydrogens (tertiary/aromatic N) is 6. The van der Waals surface area contributed by atoms with Gasteiger partial charge in [-0.2, -0.15) is 13.2 Å². The second-order valence-electron chi connectivity index (χ2n) is 8.20. The van der Waals surface area contributed by atoms with E-state index in [2.05, 4.69) is 30.8 Å². The molecule has 0 saturated carbocycles. The van der Waals surface area contributed by atoms with E-state index in [1.54, 1.807) is 12.3 Å². The molecule has 0 spiro atoms. The van der Waals surface area contributed by atoms with Gasteiger partial charge in [-0.1, -0.05) is 6.07 Å². The van der Waals surface area contributed by atoms with Crippen LogP contribution in [-0.4, -0.2) is 65.0 Å². The highest BCUT2D eigenvalue weighted by atomic mass is 19.4. The van der Waals surface area contributed by atoms with Crippen molar-refractivity contribution in [2.75, 3.05) is 45.2 Å². The normalized spacial score (nSPS) is 20.5. The van der Waals surface area contributed by atoms with E-state index < -0.39 is 12.0 Å². The largest absolute Gasteiger partial charge is 0.451 e. The van der Waals surface area contributed by atoms with Crippen molar-refractivity contribution in [1.29, 1.82) is 0 Å². The zero-order chi connectivity index (χ0) is 21.3. The summed E-state index contributed by atoms with van der Waals surface area (Å²) in [4.78, 5) is 18.4. The zero-order valence-electron chi connectivity index (χ0n) is 17.4. The van der Waals surface area contributed by atoms with Gasteiger partial charge in [-0.05, 0) is 45.0 Å². The Morgan fingerprint density at radius 3 is 2.67 bits per heavy atom. The number of aromatic nitrogens is 3. The molecule has 0 aromatic carbocycles. The summed E-state index contributed by atoms with van der Waals surface area (Å²) in [6, 6.07) is 5.80. The van der Waals surface area contributed by atoms with Crippen LogP contribution in [0.15, 0.2) is 24.4 Å². The van der Waals surface area contributed by atoms with Gasteiger partial charge in [-0.3, -0.25) is 9.88 Å². The van der Waals surface area contributed by atoms with Crippen molar-refractivity contribution in [2.45, 2.75) is 38.0 Å². The maximum atomic E-state index is 13.5. The number of alkyl halides is 3. The molecule has 1 saturated heterocycles. The molecule has 2 aromatic heterocycles. The van der Waals surface area contributed by atoms with Crippen LogP contribution in [0.1, 0.15) is 41.7 Å². The van der Waals surface area contributed by atoms with E-state index in [1.807, 2.05) is 25.1 Å². The maximum absolute atomic E-state index is 13.5. The SMILES string of the molecule is CN1CCN(c2cc(CN(C)[C@H]3CCCc4cccnc43)nc(C(F)(F)F)n2)CC1. The minimum Gasteiger partial charge on any atom is -0.354 e. The highest BCUT2D eigenvalue weighted by molar-refractivity contribution is 5.41. The van der Waals surface area contributed by atoms with Crippen LogP contribution in [0, 0.1) is 0 Å². The topological polar surface area (TPSA) is 48.4 Å². The quantitative estimate of drug-likeness (QED) is 0.758. The molecule has 9 heteroatoms. The lowest BCUT2D eigenvalue weighted by atomic mass is 9.91. The molecule has 0 amide bonds. The third-order valence-corrected chi connectivity index (χ3v) is 5.96. The summed E-state index contributed by atoms with van der Waals surface area (Å²) in [5, 5.41) is 0. The lowest BCUT2D eigenvalue weighted by Gasteiger charge is -2.34. The highest BCUT2D eigenvalue weighted by Crippen LogP contribution is 2.33. The van der Waals surface area contributed by atoms with Crippen LogP contribution in [0.4, 0.5) is 19.0 Å². The Kier molecular flexibility index (Phi) is 5.92. The Bertz CT molecular complexity index is 879. The van der Waals surface area contributed by atoms with Gasteiger partial charge in [0.15, 0.2) is 0 Å². The van der Waals surface area contributed by atoms with E-state index in [9.17, 15) is 13.2 Å². The third-order valence-electron chi connectivity index (χ3n) is 5.96. The summed E-state index contributed by atoms with van der Waals surface area (Å²) in [7, 11) is 3.94. The molecule has 3 heterocycles. The van der Waals surface area contributed by atoms with Crippen molar-refractivity contribution in [2.24, 2.45) is 0 Å². The van der Waals surface area contributed by atoms with Gasteiger partial charge in [0.25, 0.3) is 0 Å². The molecule has 0 radical (unpaired) electrons. The Morgan fingerprint density at radius 1 is 1.17 bits per heavy atom. The van der Waals surface area contributed by atoms with Crippen LogP contribution in [-0.2, 0) is 19.1 Å². The first kappa shape index (κ1) is 21.0. The number of likely N-dealkylation sites (N-methyl/N-ethyl adjacent to an activating group) is 1. The first-order valence-corrected chi connectivity index (χ1v) is 10.3. The Labute approximate surface area is 174 Å². The smallest absolute Gasteiger partial charge is 0.354 e. The van der Waals surface area contributed by atoms with Gasteiger partial charge < -0.3 is 9.80 Å². The summed E-state index contributed by atoms with van der Waals surface area (Å²) >= 11 is 0. The number of aryl methyl sites for hydroxylation is 1. The molecule has 1 fully saturated rings. The average molecular weight is 420 g/mol. The molecule has 162 valence electrons. The lowest BCUT2D eigenvalue weighted by molar-refractivity contribution is -0.145. The first-order chi connectivity index (χ1) is 14.3. The van der Waals surface area contributed by atoms with E-state index in [-0.39, 0.29) is 6.04 Å². The number of pyridine rings is 1. The predicted octanol–water partition coefficient (Wildman–Crippen LogP) is 3.15. The fraction of sp³-hybridized carbons (Fsp3) is 0.571. The maximum Gasteiger partial charge on any atom is 0.451 e.